The van der Waals surface area contributed by atoms with Gasteiger partial charge in [0.15, 0.2) is 0 Å². The number of rotatable bonds is 4. The summed E-state index contributed by atoms with van der Waals surface area (Å²) in [6.45, 7) is 4.62. The monoisotopic (exact) mass is 264 g/mol. The smallest absolute Gasteiger partial charge is 0.146 e. The Morgan fingerprint density at radius 3 is 2.79 bits per heavy atom. The van der Waals surface area contributed by atoms with Gasteiger partial charge in [-0.05, 0) is 19.4 Å². The van der Waals surface area contributed by atoms with Gasteiger partial charge in [0.25, 0.3) is 0 Å². The third-order valence-electron chi connectivity index (χ3n) is 4.13. The molecule has 2 aliphatic heterocycles. The number of benzene rings is 1. The average molecular weight is 264 g/mol. The van der Waals surface area contributed by atoms with Crippen LogP contribution in [-0.2, 0) is 20.8 Å². The van der Waals surface area contributed by atoms with Crippen LogP contribution in [0.15, 0.2) is 30.3 Å². The fraction of sp³-hybridized carbons (Fsp3) is 0.600. The van der Waals surface area contributed by atoms with Crippen LogP contribution >= 0.6 is 0 Å². The van der Waals surface area contributed by atoms with Crippen molar-refractivity contribution >= 4 is 0 Å². The predicted molar refractivity (Wildman–Crippen MR) is 69.7 cm³/mol. The summed E-state index contributed by atoms with van der Waals surface area (Å²) in [7, 11) is 0. The molecule has 0 spiro atoms. The Labute approximate surface area is 113 Å². The van der Waals surface area contributed by atoms with E-state index in [0.29, 0.717) is 13.2 Å². The van der Waals surface area contributed by atoms with Crippen LogP contribution in [0, 0.1) is 0 Å². The van der Waals surface area contributed by atoms with Crippen molar-refractivity contribution in [2.75, 3.05) is 6.61 Å². The molecule has 3 rings (SSSR count). The minimum Gasteiger partial charge on any atom is -0.390 e. The lowest BCUT2D eigenvalue weighted by Gasteiger charge is -2.33. The third kappa shape index (κ3) is 2.09. The van der Waals surface area contributed by atoms with E-state index in [1.54, 1.807) is 6.92 Å². The Hall–Kier alpha value is -0.940. The summed E-state index contributed by atoms with van der Waals surface area (Å²) in [5, 5.41) is 10.0. The van der Waals surface area contributed by atoms with Gasteiger partial charge >= 0.3 is 0 Å². The van der Waals surface area contributed by atoms with Gasteiger partial charge in [0, 0.05) is 0 Å². The zero-order valence-electron chi connectivity index (χ0n) is 11.3. The van der Waals surface area contributed by atoms with Crippen molar-refractivity contribution in [2.24, 2.45) is 0 Å². The van der Waals surface area contributed by atoms with Gasteiger partial charge in [-0.25, -0.2) is 0 Å². The first-order valence-electron chi connectivity index (χ1n) is 6.76. The Balaban J connectivity index is 1.73. The average Bonchev–Trinajstić information content (AvgIpc) is 2.90. The number of aliphatic hydroxyl groups excluding tert-OH is 1. The van der Waals surface area contributed by atoms with Crippen LogP contribution in [0.4, 0.5) is 0 Å². The minimum atomic E-state index is -0.709. The van der Waals surface area contributed by atoms with Gasteiger partial charge in [0.1, 0.15) is 17.8 Å². The van der Waals surface area contributed by atoms with Crippen molar-refractivity contribution in [1.82, 2.24) is 0 Å². The highest BCUT2D eigenvalue weighted by molar-refractivity contribution is 5.15. The molecule has 2 bridgehead atoms. The zero-order valence-corrected chi connectivity index (χ0v) is 11.3. The topological polar surface area (TPSA) is 47.9 Å². The second-order valence-corrected chi connectivity index (χ2v) is 5.45. The lowest BCUT2D eigenvalue weighted by Crippen LogP contribution is -2.50. The molecular formula is C15H20O4. The largest absolute Gasteiger partial charge is 0.390 e. The normalized spacial score (nSPS) is 38.6. The maximum absolute atomic E-state index is 10.0. The van der Waals surface area contributed by atoms with Crippen molar-refractivity contribution in [1.29, 1.82) is 0 Å². The first kappa shape index (κ1) is 13.1. The molecule has 1 aromatic rings. The molecule has 0 aromatic heterocycles. The predicted octanol–water partition coefficient (Wildman–Crippen LogP) is 1.51. The summed E-state index contributed by atoms with van der Waals surface area (Å²) in [4.78, 5) is 0. The molecule has 0 amide bonds. The number of ether oxygens (including phenoxy) is 3. The maximum Gasteiger partial charge on any atom is 0.146 e. The van der Waals surface area contributed by atoms with E-state index in [4.69, 9.17) is 14.2 Å². The highest BCUT2D eigenvalue weighted by Gasteiger charge is 2.63. The van der Waals surface area contributed by atoms with Gasteiger partial charge in [-0.3, -0.25) is 0 Å². The molecule has 104 valence electrons. The number of fused-ring (bicyclic) bond motifs is 2. The highest BCUT2D eigenvalue weighted by atomic mass is 16.7. The summed E-state index contributed by atoms with van der Waals surface area (Å²) in [5.74, 6) is 0. The number of hydrogen-bond acceptors (Lipinski definition) is 4. The Morgan fingerprint density at radius 1 is 1.42 bits per heavy atom. The van der Waals surface area contributed by atoms with Crippen molar-refractivity contribution in [3.63, 3.8) is 0 Å². The second kappa shape index (κ2) is 4.87. The molecule has 2 heterocycles. The Morgan fingerprint density at radius 2 is 2.16 bits per heavy atom. The Kier molecular flexibility index (Phi) is 3.35. The van der Waals surface area contributed by atoms with Crippen molar-refractivity contribution in [3.05, 3.63) is 35.9 Å². The second-order valence-electron chi connectivity index (χ2n) is 5.45. The van der Waals surface area contributed by atoms with E-state index in [0.717, 1.165) is 5.56 Å². The lowest BCUT2D eigenvalue weighted by molar-refractivity contribution is -0.182. The fourth-order valence-electron chi connectivity index (χ4n) is 3.02. The van der Waals surface area contributed by atoms with E-state index in [-0.39, 0.29) is 18.3 Å². The van der Waals surface area contributed by atoms with Gasteiger partial charge in [0.05, 0.1) is 25.4 Å². The van der Waals surface area contributed by atoms with Crippen LogP contribution in [-0.4, -0.2) is 41.7 Å². The number of aliphatic hydroxyl groups is 1. The first-order chi connectivity index (χ1) is 9.13. The van der Waals surface area contributed by atoms with E-state index >= 15 is 0 Å². The lowest BCUT2D eigenvalue weighted by atomic mass is 9.93. The molecule has 4 heteroatoms. The molecule has 1 N–H and O–H groups in total. The van der Waals surface area contributed by atoms with Gasteiger partial charge < -0.3 is 19.3 Å². The maximum atomic E-state index is 10.0. The van der Waals surface area contributed by atoms with Crippen LogP contribution in [0.2, 0.25) is 0 Å². The SMILES string of the molecule is CC1O[C@@]2(C(C)O)CO[C@@H]1[C@@H]2OCc1ccccc1. The van der Waals surface area contributed by atoms with E-state index in [1.165, 1.54) is 0 Å². The minimum absolute atomic E-state index is 0.0378. The van der Waals surface area contributed by atoms with Gasteiger partial charge in [-0.2, -0.15) is 0 Å². The summed E-state index contributed by atoms with van der Waals surface area (Å²) in [6, 6.07) is 10.0. The molecule has 0 saturated carbocycles. The highest BCUT2D eigenvalue weighted by Crippen LogP contribution is 2.44. The molecule has 5 atom stereocenters. The van der Waals surface area contributed by atoms with E-state index < -0.39 is 11.7 Å². The standard InChI is InChI=1S/C15H20O4/c1-10-13-14(15(19-10,9-18-13)11(2)16)17-8-12-6-4-3-5-7-12/h3-7,10-11,13-14,16H,8-9H2,1-2H3/t10?,11?,13-,14-,15+/m0/s1. The molecule has 2 saturated heterocycles. The Bertz CT molecular complexity index is 433. The van der Waals surface area contributed by atoms with Crippen LogP contribution in [0.3, 0.4) is 0 Å². The number of hydrogen-bond donors (Lipinski definition) is 1. The summed E-state index contributed by atoms with van der Waals surface area (Å²) in [6.07, 6.45) is -0.937. The molecule has 0 radical (unpaired) electrons. The molecule has 4 nitrogen and oxygen atoms in total. The van der Waals surface area contributed by atoms with E-state index in [2.05, 4.69) is 0 Å². The van der Waals surface area contributed by atoms with Crippen LogP contribution in [0.25, 0.3) is 0 Å². The van der Waals surface area contributed by atoms with E-state index in [1.807, 2.05) is 37.3 Å². The zero-order chi connectivity index (χ0) is 13.5. The van der Waals surface area contributed by atoms with Crippen molar-refractivity contribution in [3.8, 4) is 0 Å². The van der Waals surface area contributed by atoms with Crippen LogP contribution in [0.5, 0.6) is 0 Å². The van der Waals surface area contributed by atoms with Crippen molar-refractivity contribution < 1.29 is 19.3 Å². The quantitative estimate of drug-likeness (QED) is 0.895. The third-order valence-corrected chi connectivity index (χ3v) is 4.13. The summed E-state index contributed by atoms with van der Waals surface area (Å²) in [5.41, 5.74) is 0.404. The molecule has 1 aromatic carbocycles. The van der Waals surface area contributed by atoms with Gasteiger partial charge in [-0.15, -0.1) is 0 Å². The van der Waals surface area contributed by atoms with Gasteiger partial charge in [0.2, 0.25) is 0 Å². The molecule has 0 aliphatic carbocycles. The first-order valence-corrected chi connectivity index (χ1v) is 6.76. The molecule has 19 heavy (non-hydrogen) atoms. The van der Waals surface area contributed by atoms with Crippen LogP contribution in [0.1, 0.15) is 19.4 Å². The molecule has 2 unspecified atom stereocenters. The fourth-order valence-corrected chi connectivity index (χ4v) is 3.02. The van der Waals surface area contributed by atoms with Gasteiger partial charge in [-0.1, -0.05) is 30.3 Å². The van der Waals surface area contributed by atoms with E-state index in [9.17, 15) is 5.11 Å². The van der Waals surface area contributed by atoms with Crippen LogP contribution < -0.4 is 0 Å². The van der Waals surface area contributed by atoms with Crippen molar-refractivity contribution in [2.45, 2.75) is 50.5 Å². The summed E-state index contributed by atoms with van der Waals surface area (Å²) < 4.78 is 17.6. The molecular weight excluding hydrogens is 244 g/mol. The molecule has 2 aliphatic rings. The summed E-state index contributed by atoms with van der Waals surface area (Å²) >= 11 is 0. The molecule has 2 fully saturated rings.